The molecule has 0 saturated carbocycles. The van der Waals surface area contributed by atoms with Gasteiger partial charge in [0.05, 0.1) is 0 Å². The molecule has 0 aliphatic heterocycles. The van der Waals surface area contributed by atoms with Gasteiger partial charge in [0.2, 0.25) is 0 Å². The number of aryl methyl sites for hydroxylation is 1. The number of nitrogens with zero attached hydrogens (tertiary/aromatic N) is 1. The molecule has 1 rings (SSSR count). The van der Waals surface area contributed by atoms with Crippen molar-refractivity contribution in [1.82, 2.24) is 0 Å². The molecule has 1 aromatic rings. The third-order valence-corrected chi connectivity index (χ3v) is 2.15. The Bertz CT molecular complexity index is 386. The third kappa shape index (κ3) is 2.74. The van der Waals surface area contributed by atoms with E-state index in [1.54, 1.807) is 7.05 Å². The average Bonchev–Trinajstić information content (AvgIpc) is 2.18. The van der Waals surface area contributed by atoms with Crippen molar-refractivity contribution in [1.29, 1.82) is 0 Å². The fourth-order valence-corrected chi connectivity index (χ4v) is 1.24. The number of anilines is 1. The highest BCUT2D eigenvalue weighted by Crippen LogP contribution is 2.13. The van der Waals surface area contributed by atoms with Crippen molar-refractivity contribution < 1.29 is 4.79 Å². The molecule has 0 fully saturated rings. The normalized spacial score (nSPS) is 8.79. The van der Waals surface area contributed by atoms with E-state index >= 15 is 0 Å². The Morgan fingerprint density at radius 2 is 1.93 bits per heavy atom. The summed E-state index contributed by atoms with van der Waals surface area (Å²) in [5.41, 5.74) is 2.04. The molecule has 0 unspecified atom stereocenters. The average molecular weight is 299 g/mol. The van der Waals surface area contributed by atoms with Crippen molar-refractivity contribution >= 4 is 34.2 Å². The van der Waals surface area contributed by atoms with Gasteiger partial charge in [-0.2, -0.15) is 0 Å². The summed E-state index contributed by atoms with van der Waals surface area (Å²) in [6.07, 6.45) is 0. The van der Waals surface area contributed by atoms with Crippen molar-refractivity contribution in [3.05, 3.63) is 29.8 Å². The maximum absolute atomic E-state index is 11.4. The number of rotatable bonds is 1. The van der Waals surface area contributed by atoms with Crippen LogP contribution in [0.15, 0.2) is 24.3 Å². The molecule has 2 nitrogen and oxygen atoms in total. The molecular formula is C11H10INO. The number of carbonyl (C=O) groups is 1. The summed E-state index contributed by atoms with van der Waals surface area (Å²) < 4.78 is 2.56. The Morgan fingerprint density at radius 1 is 1.36 bits per heavy atom. The van der Waals surface area contributed by atoms with Crippen LogP contribution in [0.5, 0.6) is 0 Å². The van der Waals surface area contributed by atoms with E-state index in [2.05, 4.69) is 9.85 Å². The minimum absolute atomic E-state index is 0.191. The van der Waals surface area contributed by atoms with Gasteiger partial charge in [-0.25, -0.2) is 0 Å². The molecule has 0 aliphatic carbocycles. The van der Waals surface area contributed by atoms with Crippen molar-refractivity contribution in [2.45, 2.75) is 6.92 Å². The number of halogens is 1. The number of hydrogen-bond donors (Lipinski definition) is 0. The molecule has 0 saturated heterocycles. The first-order valence-electron chi connectivity index (χ1n) is 4.11. The summed E-state index contributed by atoms with van der Waals surface area (Å²) in [7, 11) is 1.72. The fraction of sp³-hybridized carbons (Fsp3) is 0.182. The lowest BCUT2D eigenvalue weighted by Crippen LogP contribution is -2.24. The van der Waals surface area contributed by atoms with Crippen LogP contribution in [0.3, 0.4) is 0 Å². The van der Waals surface area contributed by atoms with Crippen molar-refractivity contribution in [3.63, 3.8) is 0 Å². The first-order chi connectivity index (χ1) is 6.65. The van der Waals surface area contributed by atoms with E-state index in [0.29, 0.717) is 0 Å². The largest absolute Gasteiger partial charge is 0.305 e. The lowest BCUT2D eigenvalue weighted by atomic mass is 10.2. The summed E-state index contributed by atoms with van der Waals surface area (Å²) in [4.78, 5) is 12.9. The second kappa shape index (κ2) is 5.01. The van der Waals surface area contributed by atoms with Gasteiger partial charge in [0.25, 0.3) is 0 Å². The van der Waals surface area contributed by atoms with Crippen LogP contribution < -0.4 is 4.90 Å². The van der Waals surface area contributed by atoms with E-state index in [9.17, 15) is 4.79 Å². The molecule has 0 aliphatic rings. The highest BCUT2D eigenvalue weighted by Gasteiger charge is 2.06. The molecule has 0 atom stereocenters. The smallest absolute Gasteiger partial charge is 0.303 e. The van der Waals surface area contributed by atoms with Gasteiger partial charge in [-0.05, 0) is 23.0 Å². The van der Waals surface area contributed by atoms with E-state index in [1.807, 2.05) is 53.8 Å². The van der Waals surface area contributed by atoms with Gasteiger partial charge >= 0.3 is 5.91 Å². The molecule has 72 valence electrons. The number of amides is 1. The van der Waals surface area contributed by atoms with Gasteiger partial charge < -0.3 is 4.90 Å². The van der Waals surface area contributed by atoms with Gasteiger partial charge in [-0.15, -0.1) is 0 Å². The molecule has 14 heavy (non-hydrogen) atoms. The van der Waals surface area contributed by atoms with Crippen molar-refractivity contribution in [2.75, 3.05) is 11.9 Å². The topological polar surface area (TPSA) is 20.3 Å². The zero-order valence-electron chi connectivity index (χ0n) is 8.04. The Kier molecular flexibility index (Phi) is 3.96. The van der Waals surface area contributed by atoms with Crippen LogP contribution in [0.2, 0.25) is 0 Å². The summed E-state index contributed by atoms with van der Waals surface area (Å²) in [6.45, 7) is 2.01. The standard InChI is InChI=1S/C11H10INO/c1-9-3-5-10(6-4-9)13(2)11(14)7-8-12/h3-6H,1-2H3. The Hall–Kier alpha value is -1.02. The molecule has 0 spiro atoms. The molecule has 0 N–H and O–H groups in total. The van der Waals surface area contributed by atoms with Crippen LogP contribution >= 0.6 is 22.6 Å². The molecule has 3 heteroatoms. The second-order valence-electron chi connectivity index (χ2n) is 2.92. The van der Waals surface area contributed by atoms with Gasteiger partial charge in [-0.3, -0.25) is 4.79 Å². The fourth-order valence-electron chi connectivity index (χ4n) is 1.01. The summed E-state index contributed by atoms with van der Waals surface area (Å²) >= 11 is 1.85. The summed E-state index contributed by atoms with van der Waals surface area (Å²) in [6, 6.07) is 7.75. The van der Waals surface area contributed by atoms with Crippen LogP contribution in [0, 0.1) is 16.8 Å². The van der Waals surface area contributed by atoms with E-state index in [1.165, 1.54) is 10.5 Å². The van der Waals surface area contributed by atoms with Crippen molar-refractivity contribution in [2.24, 2.45) is 0 Å². The molecule has 0 aromatic heterocycles. The summed E-state index contributed by atoms with van der Waals surface area (Å²) in [5, 5.41) is 0. The van der Waals surface area contributed by atoms with Crippen LogP contribution in [-0.4, -0.2) is 13.0 Å². The van der Waals surface area contributed by atoms with Crippen LogP contribution in [0.25, 0.3) is 0 Å². The van der Waals surface area contributed by atoms with Gasteiger partial charge in [0.1, 0.15) is 0 Å². The van der Waals surface area contributed by atoms with E-state index in [4.69, 9.17) is 0 Å². The molecule has 0 bridgehead atoms. The molecule has 1 aromatic carbocycles. The number of carbonyl (C=O) groups excluding carboxylic acids is 1. The monoisotopic (exact) mass is 299 g/mol. The number of hydrogen-bond acceptors (Lipinski definition) is 1. The van der Waals surface area contributed by atoms with Gasteiger partial charge in [0, 0.05) is 41.2 Å². The van der Waals surface area contributed by atoms with Gasteiger partial charge in [0.15, 0.2) is 0 Å². The van der Waals surface area contributed by atoms with E-state index < -0.39 is 0 Å². The predicted molar refractivity (Wildman–Crippen MR) is 66.4 cm³/mol. The van der Waals surface area contributed by atoms with Crippen LogP contribution in [0.1, 0.15) is 5.56 Å². The Morgan fingerprint density at radius 3 is 2.43 bits per heavy atom. The Labute approximate surface area is 97.4 Å². The maximum Gasteiger partial charge on any atom is 0.303 e. The summed E-state index contributed by atoms with van der Waals surface area (Å²) in [5.74, 6) is 2.29. The maximum atomic E-state index is 11.4. The Balaban J connectivity index is 2.87. The zero-order chi connectivity index (χ0) is 10.6. The first kappa shape index (κ1) is 11.1. The zero-order valence-corrected chi connectivity index (χ0v) is 10.2. The molecular weight excluding hydrogens is 289 g/mol. The van der Waals surface area contributed by atoms with Gasteiger partial charge in [-0.1, -0.05) is 17.7 Å². The van der Waals surface area contributed by atoms with Crippen LogP contribution in [-0.2, 0) is 4.79 Å². The van der Waals surface area contributed by atoms with Crippen LogP contribution in [0.4, 0.5) is 5.69 Å². The first-order valence-corrected chi connectivity index (χ1v) is 5.19. The highest BCUT2D eigenvalue weighted by atomic mass is 127. The van der Waals surface area contributed by atoms with E-state index in [0.717, 1.165) is 5.69 Å². The molecule has 0 radical (unpaired) electrons. The quantitative estimate of drug-likeness (QED) is 0.576. The lowest BCUT2D eigenvalue weighted by molar-refractivity contribution is -0.113. The minimum Gasteiger partial charge on any atom is -0.305 e. The highest BCUT2D eigenvalue weighted by molar-refractivity contribution is 14.1. The number of benzene rings is 1. The lowest BCUT2D eigenvalue weighted by Gasteiger charge is -2.13. The predicted octanol–water partition coefficient (Wildman–Crippen LogP) is 2.35. The third-order valence-electron chi connectivity index (χ3n) is 1.88. The molecule has 0 heterocycles. The SMILES string of the molecule is Cc1ccc(N(C)C(=O)C#CI)cc1. The minimum atomic E-state index is -0.191. The van der Waals surface area contributed by atoms with Crippen molar-refractivity contribution in [3.8, 4) is 9.85 Å². The molecule has 1 amide bonds. The van der Waals surface area contributed by atoms with E-state index in [-0.39, 0.29) is 5.91 Å². The second-order valence-corrected chi connectivity index (χ2v) is 3.46.